The second kappa shape index (κ2) is 48.9. The molecule has 0 aliphatic carbocycles. The van der Waals surface area contributed by atoms with E-state index in [2.05, 4.69) is 68.4 Å². The largest absolute Gasteiger partial charge is 0.477 e. The molecule has 0 saturated heterocycles. The van der Waals surface area contributed by atoms with Crippen LogP contribution in [0.3, 0.4) is 0 Å². The smallest absolute Gasteiger partial charge is 0.412 e. The van der Waals surface area contributed by atoms with E-state index in [-0.39, 0.29) is 72.1 Å². The number of halogens is 1. The number of methoxy groups -OCH3 is 3. The van der Waals surface area contributed by atoms with Gasteiger partial charge in [0.2, 0.25) is 0 Å². The van der Waals surface area contributed by atoms with Crippen LogP contribution in [-0.2, 0) is 111 Å². The topological polar surface area (TPSA) is 566 Å². The summed E-state index contributed by atoms with van der Waals surface area (Å²) in [5.74, 6) is -6.40. The lowest BCUT2D eigenvalue weighted by Gasteiger charge is -2.19. The Hall–Kier alpha value is -16.8. The van der Waals surface area contributed by atoms with Crippen LogP contribution in [0.15, 0.2) is 146 Å². The molecule has 752 valence electrons. The number of aryl methyl sites for hydroxylation is 11. The van der Waals surface area contributed by atoms with Gasteiger partial charge in [0.05, 0.1) is 78.6 Å². The molecule has 0 aromatic carbocycles. The maximum absolute atomic E-state index is 12.8. The highest BCUT2D eigenvalue weighted by molar-refractivity contribution is 6.13. The van der Waals surface area contributed by atoms with Crippen LogP contribution in [0.5, 0.6) is 11.5 Å². The third kappa shape index (κ3) is 34.6. The molecule has 11 heterocycles. The predicted molar refractivity (Wildman–Crippen MR) is 513 cm³/mol. The van der Waals surface area contributed by atoms with Crippen molar-refractivity contribution in [3.05, 3.63) is 204 Å². The molecule has 11 aromatic heterocycles. The molecule has 0 spiro atoms. The Morgan fingerprint density at radius 3 is 0.698 bits per heavy atom. The number of aromatic nitrogens is 11. The molecule has 0 saturated carbocycles. The van der Waals surface area contributed by atoms with Gasteiger partial charge in [-0.3, -0.25) is 40.4 Å². The maximum Gasteiger partial charge on any atom is 0.412 e. The van der Waals surface area contributed by atoms with E-state index in [0.717, 1.165) is 0 Å². The van der Waals surface area contributed by atoms with Crippen LogP contribution in [0.25, 0.3) is 0 Å². The van der Waals surface area contributed by atoms with E-state index in [1.165, 1.54) is 135 Å². The second-order valence-corrected chi connectivity index (χ2v) is 34.1. The van der Waals surface area contributed by atoms with Gasteiger partial charge in [0, 0.05) is 158 Å². The summed E-state index contributed by atoms with van der Waals surface area (Å²) in [5.41, 5.74) is 9.05. The molecular weight excluding hydrogens is 1840 g/mol. The first-order chi connectivity index (χ1) is 63.6. The average Bonchev–Trinajstić information content (AvgIpc) is 1.67. The first-order valence-electron chi connectivity index (χ1n) is 40.8. The minimum Gasteiger partial charge on any atom is -0.477 e. The number of esters is 5. The van der Waals surface area contributed by atoms with Gasteiger partial charge in [-0.05, 0) is 144 Å². The summed E-state index contributed by atoms with van der Waals surface area (Å²) in [7, 11) is 22.0. The van der Waals surface area contributed by atoms with Crippen LogP contribution in [0.2, 0.25) is 0 Å². The van der Waals surface area contributed by atoms with Crippen molar-refractivity contribution in [1.29, 1.82) is 5.53 Å². The summed E-state index contributed by atoms with van der Waals surface area (Å²) in [4.78, 5) is 179. The quantitative estimate of drug-likeness (QED) is 0.0181. The van der Waals surface area contributed by atoms with Gasteiger partial charge < -0.3 is 124 Å². The molecule has 0 atom stereocenters. The molecule has 0 radical (unpaired) electrons. The molecule has 139 heavy (non-hydrogen) atoms. The van der Waals surface area contributed by atoms with E-state index < -0.39 is 106 Å². The highest BCUT2D eigenvalue weighted by Crippen LogP contribution is 2.28. The fourth-order valence-electron chi connectivity index (χ4n) is 12.2. The summed E-state index contributed by atoms with van der Waals surface area (Å²) < 4.78 is 64.3. The number of amides is 8. The van der Waals surface area contributed by atoms with Crippen LogP contribution in [0, 0.1) is 5.53 Å². The van der Waals surface area contributed by atoms with Gasteiger partial charge in [-0.2, -0.15) is 5.53 Å². The zero-order valence-corrected chi connectivity index (χ0v) is 81.0. The number of carboxylic acids is 2. The fraction of sp³-hybridized carbons (Fsp3) is 0.352. The Morgan fingerprint density at radius 2 is 0.475 bits per heavy atom. The predicted octanol–water partition coefficient (Wildman–Crippen LogP) is 15.2. The SMILES string of the molecule is C.C.COC(=O)c1cc(NC(=O)c2cc(NC(=O)OC(C)(C)C)cn2C)cn1C.COC(=O)c1cc(NC(=O)c2cccn2C)cn1C.COC(=O)c1cc(OC(=O)c2cc(NC(=O)c3cc(NC(=O)OC(C)(C)C)cn3C)cn2C)cn1C.Cn1cc(NC(=O)OC(C)(C)C)cc1C(=O)O.Cn1cc(OC(=O)c2cc(NC(=O)c3cc(NC(=O)OC(C)(C)C)cn3C)cn2C)cc1C(=O)O.N=NCl. The van der Waals surface area contributed by atoms with E-state index >= 15 is 0 Å². The van der Waals surface area contributed by atoms with Crippen molar-refractivity contribution in [1.82, 2.24) is 50.2 Å². The molecule has 0 aliphatic rings. The lowest BCUT2D eigenvalue weighted by Crippen LogP contribution is -2.27. The van der Waals surface area contributed by atoms with Crippen LogP contribution in [0.1, 0.15) is 213 Å². The average molecular weight is 1960 g/mol. The number of anilines is 8. The van der Waals surface area contributed by atoms with Gasteiger partial charge in [0.15, 0.2) is 0 Å². The molecule has 11 N–H and O–H groups in total. The number of carbonyl (C=O) groups is 15. The molecule has 0 aliphatic heterocycles. The van der Waals surface area contributed by atoms with Crippen LogP contribution < -0.4 is 52.0 Å². The van der Waals surface area contributed by atoms with Gasteiger partial charge in [-0.1, -0.05) is 19.5 Å². The summed E-state index contributed by atoms with van der Waals surface area (Å²) >= 11 is 4.29. The molecule has 0 fully saturated rings. The Balaban J connectivity index is 0.000000368. The van der Waals surface area contributed by atoms with Crippen molar-refractivity contribution >= 4 is 147 Å². The highest BCUT2D eigenvalue weighted by atomic mass is 35.5. The number of aromatic carboxylic acids is 2. The minimum absolute atomic E-state index is 0. The number of carbonyl (C=O) groups excluding carboxylic acids is 13. The Kier molecular flexibility index (Phi) is 40.3. The minimum atomic E-state index is -1.15. The standard InChI is InChI=1S/C24H29N5O7.C23H27N5O7.C18H24N4O5.C13H15N3O3.C11H16N2O4.2CH4.ClHN2/c1-24(2,3)36-23(33)26-15-8-17(27(4)12-15)20(30)25-14-9-18(28(5)11-14)22(32)35-16-10-19(21(31)34-7)29(6)13-16;1-23(2,3)35-22(33)25-14-7-16(26(4)11-14)19(29)24-13-8-18(27(5)10-13)21(32)34-15-9-17(20(30)31)28(6)12-15;1-18(2,3)27-17(25)20-12-7-13(21(4)10-12)15(23)19-11-8-14(16(24)26-6)22(5)9-11;1-15-6-4-5-10(15)12(17)14-9-7-11(13(18)19-3)16(2)8-9;1-11(2,3)17-10(16)12-7-5-8(9(14)15)13(4)6-7;;;1-3-2/h8-13H,1-7H3,(H,25,30)(H,26,33);7-12H,1-6H3,(H,24,29)(H,25,33)(H,30,31);7-10H,1-6H3,(H,19,23)(H,20,25);4-8H,1-3H3,(H,14,17);5-6H,1-4H3,(H,12,16)(H,14,15);2*1H4;2H. The fourth-order valence-corrected chi connectivity index (χ4v) is 12.2. The monoisotopic (exact) mass is 1960 g/mol. The van der Waals surface area contributed by atoms with E-state index in [1.807, 2.05) is 0 Å². The van der Waals surface area contributed by atoms with E-state index in [4.69, 9.17) is 48.9 Å². The van der Waals surface area contributed by atoms with Crippen molar-refractivity contribution < 1.29 is 125 Å². The summed E-state index contributed by atoms with van der Waals surface area (Å²) in [5, 5.41) is 39.1. The maximum atomic E-state index is 12.8. The third-order valence-corrected chi connectivity index (χ3v) is 17.9. The Labute approximate surface area is 805 Å². The summed E-state index contributed by atoms with van der Waals surface area (Å²) in [6, 6.07) is 18.0. The van der Waals surface area contributed by atoms with Crippen LogP contribution in [0.4, 0.5) is 64.7 Å². The number of hydrogen-bond donors (Lipinski definition) is 11. The zero-order chi connectivity index (χ0) is 103. The van der Waals surface area contributed by atoms with Gasteiger partial charge in [-0.25, -0.2) is 52.7 Å². The molecule has 0 bridgehead atoms. The number of carboxylic acid groups (broad SMARTS) is 2. The van der Waals surface area contributed by atoms with E-state index in [0.29, 0.717) is 68.3 Å². The van der Waals surface area contributed by atoms with E-state index in [1.54, 1.807) is 238 Å². The molecule has 48 heteroatoms. The van der Waals surface area contributed by atoms with Crippen molar-refractivity contribution in [3.63, 3.8) is 0 Å². The first-order valence-corrected chi connectivity index (χ1v) is 41.1. The zero-order valence-electron chi connectivity index (χ0n) is 80.2. The number of nitrogens with one attached hydrogen (secondary N) is 9. The van der Waals surface area contributed by atoms with Gasteiger partial charge in [0.1, 0.15) is 96.5 Å². The molecule has 47 nitrogen and oxygen atoms in total. The lowest BCUT2D eigenvalue weighted by atomic mass is 10.2. The Bertz CT molecular complexity index is 6310. The van der Waals surface area contributed by atoms with Crippen molar-refractivity contribution in [3.8, 4) is 11.5 Å². The van der Waals surface area contributed by atoms with Gasteiger partial charge in [-0.15, -0.1) is 0 Å². The van der Waals surface area contributed by atoms with Gasteiger partial charge in [0.25, 0.3) is 23.6 Å². The molecule has 0 unspecified atom stereocenters. The third-order valence-electron chi connectivity index (χ3n) is 17.9. The molecular formula is C91H120ClN21O26. The van der Waals surface area contributed by atoms with Gasteiger partial charge >= 0.3 is 66.2 Å². The summed E-state index contributed by atoms with van der Waals surface area (Å²) in [6.45, 7) is 21.0. The first kappa shape index (κ1) is 115. The lowest BCUT2D eigenvalue weighted by molar-refractivity contribution is 0.0581. The highest BCUT2D eigenvalue weighted by Gasteiger charge is 2.28. The van der Waals surface area contributed by atoms with Crippen molar-refractivity contribution in [2.24, 2.45) is 82.2 Å². The second-order valence-electron chi connectivity index (χ2n) is 33.9. The Morgan fingerprint density at radius 1 is 0.288 bits per heavy atom. The van der Waals surface area contributed by atoms with Crippen molar-refractivity contribution in [2.75, 3.05) is 63.9 Å². The number of nitrogens with zero attached hydrogens (tertiary/aromatic N) is 12. The van der Waals surface area contributed by atoms with Crippen molar-refractivity contribution in [2.45, 2.75) is 120 Å². The summed E-state index contributed by atoms with van der Waals surface area (Å²) in [6.07, 6.45) is 14.8. The normalized spacial score (nSPS) is 10.7. The van der Waals surface area contributed by atoms with E-state index in [9.17, 15) is 71.9 Å². The van der Waals surface area contributed by atoms with Crippen LogP contribution >= 0.6 is 11.8 Å². The number of hydrogen-bond acceptors (Lipinski definition) is 26. The van der Waals surface area contributed by atoms with Crippen LogP contribution in [-0.4, -0.2) is 194 Å². The number of ether oxygens (including phenoxy) is 9. The molecule has 11 aromatic rings. The molecule has 11 rings (SSSR count). The molecule has 8 amide bonds. The number of rotatable bonds is 21.